The molecule has 1 fully saturated rings. The van der Waals surface area contributed by atoms with Gasteiger partial charge >= 0.3 is 0 Å². The Bertz CT molecular complexity index is 422. The van der Waals surface area contributed by atoms with Crippen LogP contribution in [0, 0.1) is 5.92 Å². The van der Waals surface area contributed by atoms with Crippen LogP contribution in [0.25, 0.3) is 0 Å². The van der Waals surface area contributed by atoms with Crippen molar-refractivity contribution in [1.82, 2.24) is 10.6 Å². The van der Waals surface area contributed by atoms with Crippen molar-refractivity contribution in [3.63, 3.8) is 0 Å². The number of ether oxygens (including phenoxy) is 1. The molecule has 0 aliphatic carbocycles. The first kappa shape index (κ1) is 12.9. The topological polar surface area (TPSA) is 70.6 Å². The van der Waals surface area contributed by atoms with E-state index < -0.39 is 0 Å². The molecule has 0 aromatic heterocycles. The van der Waals surface area contributed by atoms with Gasteiger partial charge in [-0.05, 0) is 13.1 Å². The number of amides is 1. The van der Waals surface area contributed by atoms with E-state index in [1.807, 2.05) is 13.1 Å². The molecule has 0 radical (unpaired) electrons. The summed E-state index contributed by atoms with van der Waals surface area (Å²) in [6, 6.07) is 7.04. The molecule has 1 heterocycles. The van der Waals surface area contributed by atoms with Gasteiger partial charge in [0.05, 0.1) is 19.1 Å². The standard InChI is InChI=1S/C13H18N2O3/c1-14-11-8-18-7-10(11)13(17)15-6-9-4-2-3-5-12(9)16/h2-5,10-11,14,16H,6-8H2,1H3,(H,15,17). The highest BCUT2D eigenvalue weighted by molar-refractivity contribution is 5.79. The monoisotopic (exact) mass is 250 g/mol. The molecular weight excluding hydrogens is 232 g/mol. The van der Waals surface area contributed by atoms with E-state index in [-0.39, 0.29) is 23.6 Å². The second kappa shape index (κ2) is 5.84. The Morgan fingerprint density at radius 3 is 2.94 bits per heavy atom. The van der Waals surface area contributed by atoms with E-state index in [2.05, 4.69) is 10.6 Å². The third-order valence-electron chi connectivity index (χ3n) is 3.23. The molecule has 1 aromatic carbocycles. The highest BCUT2D eigenvalue weighted by Gasteiger charge is 2.32. The summed E-state index contributed by atoms with van der Waals surface area (Å²) < 4.78 is 5.28. The van der Waals surface area contributed by atoms with Crippen molar-refractivity contribution in [3.8, 4) is 5.75 Å². The minimum atomic E-state index is -0.166. The lowest BCUT2D eigenvalue weighted by Gasteiger charge is -2.16. The lowest BCUT2D eigenvalue weighted by atomic mass is 10.0. The van der Waals surface area contributed by atoms with Crippen LogP contribution in [0.3, 0.4) is 0 Å². The molecule has 98 valence electrons. The van der Waals surface area contributed by atoms with E-state index in [4.69, 9.17) is 4.74 Å². The molecular formula is C13H18N2O3. The average Bonchev–Trinajstić information content (AvgIpc) is 2.86. The molecule has 0 spiro atoms. The normalized spacial score (nSPS) is 22.9. The van der Waals surface area contributed by atoms with Crippen LogP contribution in [0.15, 0.2) is 24.3 Å². The zero-order valence-electron chi connectivity index (χ0n) is 10.3. The Hall–Kier alpha value is -1.59. The largest absolute Gasteiger partial charge is 0.508 e. The maximum absolute atomic E-state index is 12.0. The first-order valence-corrected chi connectivity index (χ1v) is 6.02. The number of hydrogen-bond donors (Lipinski definition) is 3. The molecule has 1 saturated heterocycles. The summed E-state index contributed by atoms with van der Waals surface area (Å²) in [6.07, 6.45) is 0. The number of aromatic hydroxyl groups is 1. The van der Waals surface area contributed by atoms with Crippen molar-refractivity contribution in [2.45, 2.75) is 12.6 Å². The highest BCUT2D eigenvalue weighted by Crippen LogP contribution is 2.17. The van der Waals surface area contributed by atoms with E-state index in [9.17, 15) is 9.90 Å². The van der Waals surface area contributed by atoms with E-state index in [1.165, 1.54) is 0 Å². The molecule has 2 rings (SSSR count). The second-order valence-corrected chi connectivity index (χ2v) is 4.39. The quantitative estimate of drug-likeness (QED) is 0.716. The van der Waals surface area contributed by atoms with Gasteiger partial charge in [0, 0.05) is 18.2 Å². The summed E-state index contributed by atoms with van der Waals surface area (Å²) in [7, 11) is 1.82. The van der Waals surface area contributed by atoms with Gasteiger partial charge in [-0.15, -0.1) is 0 Å². The fourth-order valence-electron chi connectivity index (χ4n) is 2.07. The van der Waals surface area contributed by atoms with Crippen molar-refractivity contribution < 1.29 is 14.6 Å². The summed E-state index contributed by atoms with van der Waals surface area (Å²) >= 11 is 0. The van der Waals surface area contributed by atoms with Crippen LogP contribution >= 0.6 is 0 Å². The Morgan fingerprint density at radius 2 is 2.22 bits per heavy atom. The maximum Gasteiger partial charge on any atom is 0.227 e. The number of carbonyl (C=O) groups is 1. The second-order valence-electron chi connectivity index (χ2n) is 4.39. The predicted octanol–water partition coefficient (Wildman–Crippen LogP) is 0.243. The molecule has 0 bridgehead atoms. The minimum absolute atomic E-state index is 0.0462. The van der Waals surface area contributed by atoms with Gasteiger partial charge in [0.15, 0.2) is 0 Å². The number of hydrogen-bond acceptors (Lipinski definition) is 4. The molecule has 5 nitrogen and oxygen atoms in total. The van der Waals surface area contributed by atoms with Gasteiger partial charge in [0.25, 0.3) is 0 Å². The Morgan fingerprint density at radius 1 is 1.44 bits per heavy atom. The van der Waals surface area contributed by atoms with Crippen LogP contribution in [0.4, 0.5) is 0 Å². The molecule has 18 heavy (non-hydrogen) atoms. The van der Waals surface area contributed by atoms with Crippen LogP contribution in [0.5, 0.6) is 5.75 Å². The molecule has 2 atom stereocenters. The first-order valence-electron chi connectivity index (χ1n) is 6.02. The Balaban J connectivity index is 1.90. The van der Waals surface area contributed by atoms with Gasteiger partial charge in [-0.3, -0.25) is 4.79 Å². The lowest BCUT2D eigenvalue weighted by Crippen LogP contribution is -2.42. The number of nitrogens with one attached hydrogen (secondary N) is 2. The third kappa shape index (κ3) is 2.80. The van der Waals surface area contributed by atoms with Crippen LogP contribution in [0.1, 0.15) is 5.56 Å². The number of rotatable bonds is 4. The fourth-order valence-corrected chi connectivity index (χ4v) is 2.07. The summed E-state index contributed by atoms with van der Waals surface area (Å²) in [5.74, 6) is -0.0124. The number of likely N-dealkylation sites (N-methyl/N-ethyl adjacent to an activating group) is 1. The third-order valence-corrected chi connectivity index (χ3v) is 3.23. The number of benzene rings is 1. The molecule has 3 N–H and O–H groups in total. The van der Waals surface area contributed by atoms with Gasteiger partial charge in [0.1, 0.15) is 5.75 Å². The molecule has 1 aliphatic heterocycles. The minimum Gasteiger partial charge on any atom is -0.508 e. The predicted molar refractivity (Wildman–Crippen MR) is 67.1 cm³/mol. The summed E-state index contributed by atoms with van der Waals surface area (Å²) in [5.41, 5.74) is 0.714. The van der Waals surface area contributed by atoms with Gasteiger partial charge in [0.2, 0.25) is 5.91 Å². The average molecular weight is 250 g/mol. The molecule has 5 heteroatoms. The van der Waals surface area contributed by atoms with Crippen molar-refractivity contribution >= 4 is 5.91 Å². The molecule has 2 unspecified atom stereocenters. The van der Waals surface area contributed by atoms with Crippen molar-refractivity contribution in [1.29, 1.82) is 0 Å². The van der Waals surface area contributed by atoms with E-state index >= 15 is 0 Å². The summed E-state index contributed by atoms with van der Waals surface area (Å²) in [4.78, 5) is 12.0. The lowest BCUT2D eigenvalue weighted by molar-refractivity contribution is -0.125. The number of phenolic OH excluding ortho intramolecular Hbond substituents is 1. The fraction of sp³-hybridized carbons (Fsp3) is 0.462. The number of para-hydroxylation sites is 1. The molecule has 1 amide bonds. The van der Waals surface area contributed by atoms with Crippen LogP contribution in [0.2, 0.25) is 0 Å². The SMILES string of the molecule is CNC1COCC1C(=O)NCc1ccccc1O. The molecule has 1 aromatic rings. The zero-order valence-corrected chi connectivity index (χ0v) is 10.3. The van der Waals surface area contributed by atoms with E-state index in [1.54, 1.807) is 18.2 Å². The van der Waals surface area contributed by atoms with Crippen LogP contribution in [-0.2, 0) is 16.1 Å². The summed E-state index contributed by atoms with van der Waals surface area (Å²) in [6.45, 7) is 1.34. The smallest absolute Gasteiger partial charge is 0.227 e. The van der Waals surface area contributed by atoms with Gasteiger partial charge in [-0.25, -0.2) is 0 Å². The maximum atomic E-state index is 12.0. The van der Waals surface area contributed by atoms with Crippen LogP contribution < -0.4 is 10.6 Å². The van der Waals surface area contributed by atoms with Crippen molar-refractivity contribution in [2.24, 2.45) is 5.92 Å². The number of carbonyl (C=O) groups excluding carboxylic acids is 1. The van der Waals surface area contributed by atoms with Gasteiger partial charge in [-0.2, -0.15) is 0 Å². The van der Waals surface area contributed by atoms with E-state index in [0.29, 0.717) is 25.3 Å². The molecule has 1 aliphatic rings. The van der Waals surface area contributed by atoms with Gasteiger partial charge < -0.3 is 20.5 Å². The Kier molecular flexibility index (Phi) is 4.17. The zero-order chi connectivity index (χ0) is 13.0. The van der Waals surface area contributed by atoms with Crippen LogP contribution in [-0.4, -0.2) is 37.3 Å². The molecule has 0 saturated carbocycles. The van der Waals surface area contributed by atoms with Crippen molar-refractivity contribution in [3.05, 3.63) is 29.8 Å². The Labute approximate surface area is 106 Å². The van der Waals surface area contributed by atoms with E-state index in [0.717, 1.165) is 0 Å². The summed E-state index contributed by atoms with van der Waals surface area (Å²) in [5, 5.41) is 15.5. The van der Waals surface area contributed by atoms with Gasteiger partial charge in [-0.1, -0.05) is 18.2 Å². The van der Waals surface area contributed by atoms with Crippen molar-refractivity contribution in [2.75, 3.05) is 20.3 Å². The number of phenols is 1. The first-order chi connectivity index (χ1) is 8.72. The highest BCUT2D eigenvalue weighted by atomic mass is 16.5.